The summed E-state index contributed by atoms with van der Waals surface area (Å²) in [5, 5.41) is 0. The van der Waals surface area contributed by atoms with Crippen molar-refractivity contribution in [3.8, 4) is 5.69 Å². The standard InChI is InChI=1S/C21H23FN6O3/c1-14-13-27-17-18(23-20(27)28(14)16-5-3-15(22)4-6-16)24(2)21(30)26(19(17)29)8-7-25-9-11-31-12-10-25/h3-6,13H,7-12H2,1-2H3. The molecule has 0 unspecified atom stereocenters. The molecule has 3 aromatic heterocycles. The zero-order chi connectivity index (χ0) is 21.7. The Morgan fingerprint density at radius 1 is 1.10 bits per heavy atom. The Morgan fingerprint density at radius 2 is 1.81 bits per heavy atom. The van der Waals surface area contributed by atoms with Crippen LogP contribution in [0.25, 0.3) is 22.6 Å². The average Bonchev–Trinajstić information content (AvgIpc) is 3.28. The Balaban J connectivity index is 1.66. The second-order valence-electron chi connectivity index (χ2n) is 7.79. The van der Waals surface area contributed by atoms with Crippen molar-refractivity contribution in [1.29, 1.82) is 0 Å². The molecular weight excluding hydrogens is 403 g/mol. The Morgan fingerprint density at radius 3 is 2.52 bits per heavy atom. The molecule has 0 amide bonds. The maximum Gasteiger partial charge on any atom is 0.332 e. The van der Waals surface area contributed by atoms with Gasteiger partial charge < -0.3 is 4.74 Å². The molecule has 9 nitrogen and oxygen atoms in total. The molecule has 5 rings (SSSR count). The molecule has 0 radical (unpaired) electrons. The number of rotatable bonds is 4. The number of ether oxygens (including phenoxy) is 1. The third kappa shape index (κ3) is 3.19. The van der Waals surface area contributed by atoms with E-state index in [1.807, 2.05) is 17.7 Å². The minimum atomic E-state index is -0.392. The first kappa shape index (κ1) is 19.7. The first-order chi connectivity index (χ1) is 15.0. The van der Waals surface area contributed by atoms with Crippen LogP contribution in [0.5, 0.6) is 0 Å². The van der Waals surface area contributed by atoms with Crippen molar-refractivity contribution in [2.24, 2.45) is 7.05 Å². The molecule has 1 aliphatic heterocycles. The summed E-state index contributed by atoms with van der Waals surface area (Å²) in [5.74, 6) is 0.167. The summed E-state index contributed by atoms with van der Waals surface area (Å²) in [4.78, 5) is 33.0. The Bertz CT molecular complexity index is 1390. The van der Waals surface area contributed by atoms with E-state index in [-0.39, 0.29) is 11.4 Å². The first-order valence-corrected chi connectivity index (χ1v) is 10.2. The number of aromatic nitrogens is 5. The topological polar surface area (TPSA) is 78.7 Å². The van der Waals surface area contributed by atoms with Gasteiger partial charge in [0.15, 0.2) is 11.2 Å². The van der Waals surface area contributed by atoms with Crippen molar-refractivity contribution in [3.63, 3.8) is 0 Å². The van der Waals surface area contributed by atoms with Gasteiger partial charge in [-0.05, 0) is 31.2 Å². The van der Waals surface area contributed by atoms with Crippen LogP contribution in [0.15, 0.2) is 40.1 Å². The van der Waals surface area contributed by atoms with E-state index >= 15 is 0 Å². The Kier molecular flexibility index (Phi) is 4.75. The quantitative estimate of drug-likeness (QED) is 0.485. The summed E-state index contributed by atoms with van der Waals surface area (Å²) in [6.07, 6.45) is 1.81. The lowest BCUT2D eigenvalue weighted by Crippen LogP contribution is -2.44. The minimum absolute atomic E-state index is 0.298. The third-order valence-corrected chi connectivity index (χ3v) is 5.85. The van der Waals surface area contributed by atoms with Crippen molar-refractivity contribution in [2.75, 3.05) is 32.8 Å². The highest BCUT2D eigenvalue weighted by Crippen LogP contribution is 2.21. The summed E-state index contributed by atoms with van der Waals surface area (Å²) in [5.41, 5.74) is 1.48. The van der Waals surface area contributed by atoms with Gasteiger partial charge in [0.05, 0.1) is 13.2 Å². The molecule has 1 saturated heterocycles. The van der Waals surface area contributed by atoms with Crippen LogP contribution in [-0.4, -0.2) is 60.8 Å². The number of nitrogens with zero attached hydrogens (tertiary/aromatic N) is 6. The van der Waals surface area contributed by atoms with E-state index in [9.17, 15) is 14.0 Å². The monoisotopic (exact) mass is 426 g/mol. The molecule has 0 atom stereocenters. The molecule has 0 bridgehead atoms. The van der Waals surface area contributed by atoms with Crippen LogP contribution in [0.4, 0.5) is 4.39 Å². The summed E-state index contributed by atoms with van der Waals surface area (Å²) in [6.45, 7) is 5.68. The molecule has 0 N–H and O–H groups in total. The third-order valence-electron chi connectivity index (χ3n) is 5.85. The van der Waals surface area contributed by atoms with Gasteiger partial charge in [-0.2, -0.15) is 4.98 Å². The summed E-state index contributed by atoms with van der Waals surface area (Å²) < 4.78 is 25.0. The molecule has 1 aromatic carbocycles. The van der Waals surface area contributed by atoms with Crippen molar-refractivity contribution >= 4 is 16.9 Å². The van der Waals surface area contributed by atoms with Crippen LogP contribution < -0.4 is 11.2 Å². The number of imidazole rings is 2. The fraction of sp³-hybridized carbons (Fsp3) is 0.381. The van der Waals surface area contributed by atoms with E-state index in [2.05, 4.69) is 9.88 Å². The number of fused-ring (bicyclic) bond motifs is 3. The highest BCUT2D eigenvalue weighted by Gasteiger charge is 2.21. The van der Waals surface area contributed by atoms with E-state index in [0.29, 0.717) is 43.2 Å². The van der Waals surface area contributed by atoms with Crippen LogP contribution in [0, 0.1) is 12.7 Å². The summed E-state index contributed by atoms with van der Waals surface area (Å²) in [7, 11) is 1.62. The van der Waals surface area contributed by atoms with Gasteiger partial charge >= 0.3 is 5.69 Å². The molecule has 4 heterocycles. The van der Waals surface area contributed by atoms with Crippen molar-refractivity contribution in [1.82, 2.24) is 28.0 Å². The molecule has 162 valence electrons. The largest absolute Gasteiger partial charge is 0.379 e. The van der Waals surface area contributed by atoms with E-state index in [4.69, 9.17) is 4.74 Å². The Labute approximate surface area is 176 Å². The predicted molar refractivity (Wildman–Crippen MR) is 113 cm³/mol. The normalized spacial score (nSPS) is 15.3. The number of hydrogen-bond acceptors (Lipinski definition) is 5. The van der Waals surface area contributed by atoms with Gasteiger partial charge in [-0.15, -0.1) is 0 Å². The lowest BCUT2D eigenvalue weighted by atomic mass is 10.3. The van der Waals surface area contributed by atoms with E-state index in [1.54, 1.807) is 23.6 Å². The smallest absolute Gasteiger partial charge is 0.332 e. The molecule has 0 spiro atoms. The summed E-state index contributed by atoms with van der Waals surface area (Å²) in [6, 6.07) is 6.06. The highest BCUT2D eigenvalue weighted by atomic mass is 19.1. The SMILES string of the molecule is Cc1cn2c3c(=O)n(CCN4CCOCC4)c(=O)n(C)c3nc2n1-c1ccc(F)cc1. The predicted octanol–water partition coefficient (Wildman–Crippen LogP) is 0.918. The van der Waals surface area contributed by atoms with Crippen LogP contribution >= 0.6 is 0 Å². The van der Waals surface area contributed by atoms with E-state index in [1.165, 1.54) is 21.3 Å². The van der Waals surface area contributed by atoms with Gasteiger partial charge in [0.2, 0.25) is 5.78 Å². The number of halogens is 1. The van der Waals surface area contributed by atoms with Crippen molar-refractivity contribution in [3.05, 3.63) is 62.8 Å². The number of hydrogen-bond donors (Lipinski definition) is 0. The van der Waals surface area contributed by atoms with Gasteiger partial charge in [-0.3, -0.25) is 27.8 Å². The second kappa shape index (κ2) is 7.47. The van der Waals surface area contributed by atoms with Gasteiger partial charge in [-0.1, -0.05) is 0 Å². The van der Waals surface area contributed by atoms with Gasteiger partial charge in [-0.25, -0.2) is 9.18 Å². The van der Waals surface area contributed by atoms with E-state index < -0.39 is 5.69 Å². The fourth-order valence-electron chi connectivity index (χ4n) is 4.18. The molecule has 0 aliphatic carbocycles. The minimum Gasteiger partial charge on any atom is -0.379 e. The fourth-order valence-corrected chi connectivity index (χ4v) is 4.18. The van der Waals surface area contributed by atoms with Gasteiger partial charge in [0.1, 0.15) is 5.82 Å². The van der Waals surface area contributed by atoms with Crippen LogP contribution in [0.1, 0.15) is 5.69 Å². The van der Waals surface area contributed by atoms with E-state index in [0.717, 1.165) is 24.5 Å². The molecule has 4 aromatic rings. The zero-order valence-electron chi connectivity index (χ0n) is 17.4. The maximum atomic E-state index is 13.4. The van der Waals surface area contributed by atoms with Crippen LogP contribution in [-0.2, 0) is 18.3 Å². The molecule has 1 aliphatic rings. The number of benzene rings is 1. The van der Waals surface area contributed by atoms with Crippen molar-refractivity contribution < 1.29 is 9.13 Å². The van der Waals surface area contributed by atoms with Crippen LogP contribution in [0.3, 0.4) is 0 Å². The number of aryl methyl sites for hydroxylation is 2. The molecule has 0 saturated carbocycles. The van der Waals surface area contributed by atoms with Crippen LogP contribution in [0.2, 0.25) is 0 Å². The molecular formula is C21H23FN6O3. The average molecular weight is 426 g/mol. The molecule has 31 heavy (non-hydrogen) atoms. The maximum absolute atomic E-state index is 13.4. The lowest BCUT2D eigenvalue weighted by Gasteiger charge is -2.26. The van der Waals surface area contributed by atoms with Crippen molar-refractivity contribution in [2.45, 2.75) is 13.5 Å². The number of morpholine rings is 1. The first-order valence-electron chi connectivity index (χ1n) is 10.2. The highest BCUT2D eigenvalue weighted by molar-refractivity contribution is 5.76. The Hall–Kier alpha value is -3.24. The summed E-state index contributed by atoms with van der Waals surface area (Å²) >= 11 is 0. The second-order valence-corrected chi connectivity index (χ2v) is 7.79. The van der Waals surface area contributed by atoms with Gasteiger partial charge in [0, 0.05) is 50.8 Å². The molecule has 1 fully saturated rings. The molecule has 10 heteroatoms. The van der Waals surface area contributed by atoms with Gasteiger partial charge in [0.25, 0.3) is 5.56 Å². The lowest BCUT2D eigenvalue weighted by molar-refractivity contribution is 0.0361. The zero-order valence-corrected chi connectivity index (χ0v) is 17.4.